The molecule has 0 spiro atoms. The third kappa shape index (κ3) is 3.82. The largest absolute Gasteiger partial charge is 0.344 e. The Balaban J connectivity index is 1.91. The van der Waals surface area contributed by atoms with E-state index in [0.29, 0.717) is 19.5 Å². The van der Waals surface area contributed by atoms with Crippen molar-refractivity contribution in [3.8, 4) is 0 Å². The SMILES string of the molecule is CC(N)C(C)C(=O)NC1CCN(Cc2ccccc2)C1=O. The number of rotatable bonds is 5. The van der Waals surface area contributed by atoms with E-state index in [1.165, 1.54) is 0 Å². The topological polar surface area (TPSA) is 75.4 Å². The molecule has 21 heavy (non-hydrogen) atoms. The van der Waals surface area contributed by atoms with Crippen molar-refractivity contribution in [2.24, 2.45) is 11.7 Å². The van der Waals surface area contributed by atoms with E-state index in [1.807, 2.05) is 30.3 Å². The molecule has 1 aliphatic heterocycles. The molecule has 5 heteroatoms. The van der Waals surface area contributed by atoms with Crippen LogP contribution in [0.3, 0.4) is 0 Å². The summed E-state index contributed by atoms with van der Waals surface area (Å²) in [6.45, 7) is 4.84. The number of nitrogens with zero attached hydrogens (tertiary/aromatic N) is 1. The van der Waals surface area contributed by atoms with E-state index in [9.17, 15) is 9.59 Å². The number of hydrogen-bond donors (Lipinski definition) is 2. The quantitative estimate of drug-likeness (QED) is 0.845. The van der Waals surface area contributed by atoms with Crippen molar-refractivity contribution in [1.82, 2.24) is 10.2 Å². The first-order valence-corrected chi connectivity index (χ1v) is 7.37. The molecule has 5 nitrogen and oxygen atoms in total. The molecule has 0 aliphatic carbocycles. The van der Waals surface area contributed by atoms with Crippen LogP contribution in [0.2, 0.25) is 0 Å². The van der Waals surface area contributed by atoms with E-state index in [1.54, 1.807) is 18.7 Å². The summed E-state index contributed by atoms with van der Waals surface area (Å²) in [5.41, 5.74) is 6.82. The maximum absolute atomic E-state index is 12.3. The molecule has 0 saturated carbocycles. The molecule has 1 aliphatic rings. The molecule has 0 bridgehead atoms. The summed E-state index contributed by atoms with van der Waals surface area (Å²) in [6, 6.07) is 9.23. The van der Waals surface area contributed by atoms with E-state index in [-0.39, 0.29) is 23.8 Å². The normalized spacial score (nSPS) is 21.2. The van der Waals surface area contributed by atoms with Crippen molar-refractivity contribution in [2.45, 2.75) is 38.9 Å². The number of amides is 2. The minimum atomic E-state index is -0.414. The van der Waals surface area contributed by atoms with Gasteiger partial charge in [0.25, 0.3) is 0 Å². The van der Waals surface area contributed by atoms with Gasteiger partial charge in [-0.3, -0.25) is 9.59 Å². The first kappa shape index (κ1) is 15.5. The van der Waals surface area contributed by atoms with Gasteiger partial charge in [0.1, 0.15) is 6.04 Å². The second-order valence-electron chi connectivity index (χ2n) is 5.74. The van der Waals surface area contributed by atoms with Crippen LogP contribution in [0.15, 0.2) is 30.3 Å². The third-order valence-corrected chi connectivity index (χ3v) is 4.03. The van der Waals surface area contributed by atoms with Crippen LogP contribution in [-0.4, -0.2) is 35.3 Å². The highest BCUT2D eigenvalue weighted by Crippen LogP contribution is 2.15. The lowest BCUT2D eigenvalue weighted by molar-refractivity contribution is -0.134. The summed E-state index contributed by atoms with van der Waals surface area (Å²) in [6.07, 6.45) is 0.656. The van der Waals surface area contributed by atoms with Crippen LogP contribution in [0.5, 0.6) is 0 Å². The van der Waals surface area contributed by atoms with Crippen molar-refractivity contribution < 1.29 is 9.59 Å². The molecule has 1 aromatic rings. The van der Waals surface area contributed by atoms with Crippen molar-refractivity contribution in [2.75, 3.05) is 6.54 Å². The molecule has 3 unspecified atom stereocenters. The smallest absolute Gasteiger partial charge is 0.245 e. The van der Waals surface area contributed by atoms with Gasteiger partial charge < -0.3 is 16.0 Å². The lowest BCUT2D eigenvalue weighted by atomic mass is 10.0. The fourth-order valence-electron chi connectivity index (χ4n) is 2.38. The Bertz CT molecular complexity index is 502. The predicted molar refractivity (Wildman–Crippen MR) is 81.2 cm³/mol. The fraction of sp³-hybridized carbons (Fsp3) is 0.500. The van der Waals surface area contributed by atoms with Gasteiger partial charge >= 0.3 is 0 Å². The second-order valence-corrected chi connectivity index (χ2v) is 5.74. The first-order chi connectivity index (χ1) is 9.99. The van der Waals surface area contributed by atoms with E-state index in [4.69, 9.17) is 5.73 Å². The van der Waals surface area contributed by atoms with E-state index < -0.39 is 6.04 Å². The van der Waals surface area contributed by atoms with Crippen LogP contribution in [0.4, 0.5) is 0 Å². The molecule has 3 N–H and O–H groups in total. The fourth-order valence-corrected chi connectivity index (χ4v) is 2.38. The molecular weight excluding hydrogens is 266 g/mol. The molecule has 2 amide bonds. The van der Waals surface area contributed by atoms with Crippen LogP contribution < -0.4 is 11.1 Å². The molecule has 1 saturated heterocycles. The van der Waals surface area contributed by atoms with Crippen LogP contribution >= 0.6 is 0 Å². The molecule has 1 fully saturated rings. The number of carbonyl (C=O) groups is 2. The minimum absolute atomic E-state index is 0.0101. The molecule has 0 radical (unpaired) electrons. The molecule has 1 aromatic carbocycles. The van der Waals surface area contributed by atoms with Gasteiger partial charge in [0.05, 0.1) is 0 Å². The maximum atomic E-state index is 12.3. The van der Waals surface area contributed by atoms with Crippen molar-refractivity contribution in [3.63, 3.8) is 0 Å². The number of hydrogen-bond acceptors (Lipinski definition) is 3. The maximum Gasteiger partial charge on any atom is 0.245 e. The molecule has 114 valence electrons. The van der Waals surface area contributed by atoms with E-state index >= 15 is 0 Å². The number of likely N-dealkylation sites (tertiary alicyclic amines) is 1. The van der Waals surface area contributed by atoms with Gasteiger partial charge in [-0.2, -0.15) is 0 Å². The lowest BCUT2D eigenvalue weighted by Crippen LogP contribution is -2.46. The molecule has 1 heterocycles. The van der Waals surface area contributed by atoms with Crippen molar-refractivity contribution in [3.05, 3.63) is 35.9 Å². The zero-order valence-electron chi connectivity index (χ0n) is 12.6. The Kier molecular flexibility index (Phi) is 4.96. The highest BCUT2D eigenvalue weighted by atomic mass is 16.2. The van der Waals surface area contributed by atoms with Gasteiger partial charge in [0, 0.05) is 25.0 Å². The molecule has 3 atom stereocenters. The van der Waals surface area contributed by atoms with Gasteiger partial charge in [0.2, 0.25) is 11.8 Å². The monoisotopic (exact) mass is 289 g/mol. The Morgan fingerprint density at radius 3 is 2.67 bits per heavy atom. The average molecular weight is 289 g/mol. The lowest BCUT2D eigenvalue weighted by Gasteiger charge is -2.20. The van der Waals surface area contributed by atoms with Crippen LogP contribution in [0.1, 0.15) is 25.8 Å². The van der Waals surface area contributed by atoms with Crippen LogP contribution in [0.25, 0.3) is 0 Å². The minimum Gasteiger partial charge on any atom is -0.344 e. The number of nitrogens with one attached hydrogen (secondary N) is 1. The number of carbonyl (C=O) groups excluding carboxylic acids is 2. The zero-order chi connectivity index (χ0) is 15.4. The Hall–Kier alpha value is -1.88. The van der Waals surface area contributed by atoms with Gasteiger partial charge in [-0.05, 0) is 18.9 Å². The van der Waals surface area contributed by atoms with Gasteiger partial charge in [-0.1, -0.05) is 37.3 Å². The summed E-state index contributed by atoms with van der Waals surface area (Å²) in [7, 11) is 0. The van der Waals surface area contributed by atoms with Crippen LogP contribution in [0, 0.1) is 5.92 Å². The predicted octanol–water partition coefficient (Wildman–Crippen LogP) is 0.887. The average Bonchev–Trinajstić information content (AvgIpc) is 2.80. The summed E-state index contributed by atoms with van der Waals surface area (Å²) in [4.78, 5) is 26.1. The molecule has 0 aromatic heterocycles. The van der Waals surface area contributed by atoms with Crippen LogP contribution in [-0.2, 0) is 16.1 Å². The first-order valence-electron chi connectivity index (χ1n) is 7.37. The van der Waals surface area contributed by atoms with Crippen molar-refractivity contribution in [1.29, 1.82) is 0 Å². The highest BCUT2D eigenvalue weighted by molar-refractivity contribution is 5.90. The standard InChI is InChI=1S/C16H23N3O2/c1-11(12(2)17)15(20)18-14-8-9-19(16(14)21)10-13-6-4-3-5-7-13/h3-7,11-12,14H,8-10,17H2,1-2H3,(H,18,20). The summed E-state index contributed by atoms with van der Waals surface area (Å²) in [5, 5.41) is 2.82. The van der Waals surface area contributed by atoms with E-state index in [0.717, 1.165) is 5.56 Å². The number of nitrogens with two attached hydrogens (primary N) is 1. The number of benzene rings is 1. The molecule has 2 rings (SSSR count). The third-order valence-electron chi connectivity index (χ3n) is 4.03. The van der Waals surface area contributed by atoms with Crippen molar-refractivity contribution >= 4 is 11.8 Å². The van der Waals surface area contributed by atoms with E-state index in [2.05, 4.69) is 5.32 Å². The molecular formula is C16H23N3O2. The van der Waals surface area contributed by atoms with Gasteiger partial charge in [-0.15, -0.1) is 0 Å². The van der Waals surface area contributed by atoms with Gasteiger partial charge in [-0.25, -0.2) is 0 Å². The second kappa shape index (κ2) is 6.72. The summed E-state index contributed by atoms with van der Waals surface area (Å²) < 4.78 is 0. The van der Waals surface area contributed by atoms with Gasteiger partial charge in [0.15, 0.2) is 0 Å². The Morgan fingerprint density at radius 2 is 2.05 bits per heavy atom. The summed E-state index contributed by atoms with van der Waals surface area (Å²) >= 11 is 0. The zero-order valence-corrected chi connectivity index (χ0v) is 12.6. The Morgan fingerprint density at radius 1 is 1.38 bits per heavy atom. The summed E-state index contributed by atoms with van der Waals surface area (Å²) in [5.74, 6) is -0.449. The Labute approximate surface area is 125 Å². The highest BCUT2D eigenvalue weighted by Gasteiger charge is 2.33.